The summed E-state index contributed by atoms with van der Waals surface area (Å²) in [5.41, 5.74) is 0.218. The zero-order valence-electron chi connectivity index (χ0n) is 13.3. The van der Waals surface area contributed by atoms with Gasteiger partial charge in [-0.15, -0.1) is 0 Å². The van der Waals surface area contributed by atoms with Crippen molar-refractivity contribution in [2.24, 2.45) is 10.8 Å². The van der Waals surface area contributed by atoms with E-state index in [1.165, 1.54) is 6.42 Å². The van der Waals surface area contributed by atoms with Crippen molar-refractivity contribution in [1.29, 1.82) is 0 Å². The monoisotopic (exact) mass is 256 g/mol. The van der Waals surface area contributed by atoms with E-state index in [0.29, 0.717) is 17.6 Å². The summed E-state index contributed by atoms with van der Waals surface area (Å²) < 4.78 is 5.59. The summed E-state index contributed by atoms with van der Waals surface area (Å²) in [6.45, 7) is 14.4. The molecule has 0 heterocycles. The van der Waals surface area contributed by atoms with Gasteiger partial charge in [-0.1, -0.05) is 41.5 Å². The molecule has 0 radical (unpaired) electrons. The lowest BCUT2D eigenvalue weighted by Crippen LogP contribution is -2.19. The predicted molar refractivity (Wildman–Crippen MR) is 77.8 cm³/mol. The second kappa shape index (κ2) is 7.93. The second-order valence-corrected chi connectivity index (χ2v) is 7.41. The van der Waals surface area contributed by atoms with Gasteiger partial charge in [-0.05, 0) is 31.1 Å². The SMILES string of the molecule is CC(C)(C)CCCOCCCCC(=O)C(C)(C)C. The Hall–Kier alpha value is -0.370. The number of hydrogen-bond donors (Lipinski definition) is 0. The molecule has 0 spiro atoms. The molecule has 0 aliphatic heterocycles. The third-order valence-corrected chi connectivity index (χ3v) is 2.99. The van der Waals surface area contributed by atoms with Crippen LogP contribution in [0.1, 0.15) is 73.6 Å². The van der Waals surface area contributed by atoms with Gasteiger partial charge in [0.2, 0.25) is 0 Å². The van der Waals surface area contributed by atoms with Crippen LogP contribution in [0.5, 0.6) is 0 Å². The number of carbonyl (C=O) groups excluding carboxylic acids is 1. The lowest BCUT2D eigenvalue weighted by Gasteiger charge is -2.17. The molecule has 0 amide bonds. The van der Waals surface area contributed by atoms with Gasteiger partial charge in [0.25, 0.3) is 0 Å². The van der Waals surface area contributed by atoms with E-state index < -0.39 is 0 Å². The number of ketones is 1. The summed E-state index contributed by atoms with van der Waals surface area (Å²) in [5.74, 6) is 0.357. The second-order valence-electron chi connectivity index (χ2n) is 7.41. The van der Waals surface area contributed by atoms with Crippen molar-refractivity contribution >= 4 is 5.78 Å². The molecule has 0 aromatic heterocycles. The summed E-state index contributed by atoms with van der Waals surface area (Å²) in [6.07, 6.45) is 4.97. The van der Waals surface area contributed by atoms with Crippen molar-refractivity contribution in [1.82, 2.24) is 0 Å². The van der Waals surface area contributed by atoms with Crippen LogP contribution in [0.4, 0.5) is 0 Å². The minimum absolute atomic E-state index is 0.187. The van der Waals surface area contributed by atoms with E-state index in [2.05, 4.69) is 20.8 Å². The lowest BCUT2D eigenvalue weighted by molar-refractivity contribution is -0.126. The van der Waals surface area contributed by atoms with E-state index in [0.717, 1.165) is 32.5 Å². The number of Topliss-reactive ketones (excluding diaryl/α,β-unsaturated/α-hetero) is 1. The van der Waals surface area contributed by atoms with Crippen LogP contribution < -0.4 is 0 Å². The molecule has 0 N–H and O–H groups in total. The Labute approximate surface area is 113 Å². The fraction of sp³-hybridized carbons (Fsp3) is 0.938. The minimum atomic E-state index is -0.187. The Balaban J connectivity index is 3.35. The third kappa shape index (κ3) is 10.8. The molecule has 0 rings (SSSR count). The highest BCUT2D eigenvalue weighted by Crippen LogP contribution is 2.20. The molecule has 0 saturated carbocycles. The summed E-state index contributed by atoms with van der Waals surface area (Å²) in [6, 6.07) is 0. The molecule has 18 heavy (non-hydrogen) atoms. The van der Waals surface area contributed by atoms with Crippen LogP contribution in [0.2, 0.25) is 0 Å². The molecule has 0 fully saturated rings. The fourth-order valence-electron chi connectivity index (χ4n) is 1.67. The van der Waals surface area contributed by atoms with Gasteiger partial charge >= 0.3 is 0 Å². The standard InChI is InChI=1S/C16H32O2/c1-15(2,3)11-9-13-18-12-8-7-10-14(17)16(4,5)6/h7-13H2,1-6H3. The molecule has 2 nitrogen and oxygen atoms in total. The van der Waals surface area contributed by atoms with Gasteiger partial charge in [0.05, 0.1) is 0 Å². The first-order valence-corrected chi connectivity index (χ1v) is 7.24. The van der Waals surface area contributed by atoms with E-state index in [1.807, 2.05) is 20.8 Å². The summed E-state index contributed by atoms with van der Waals surface area (Å²) >= 11 is 0. The van der Waals surface area contributed by atoms with Crippen LogP contribution in [-0.4, -0.2) is 19.0 Å². The molecule has 0 saturated heterocycles. The molecule has 2 heteroatoms. The topological polar surface area (TPSA) is 26.3 Å². The maximum absolute atomic E-state index is 11.7. The third-order valence-electron chi connectivity index (χ3n) is 2.99. The van der Waals surface area contributed by atoms with Crippen molar-refractivity contribution in [2.45, 2.75) is 73.6 Å². The molecule has 0 bridgehead atoms. The van der Waals surface area contributed by atoms with Crippen molar-refractivity contribution < 1.29 is 9.53 Å². The first-order valence-electron chi connectivity index (χ1n) is 7.24. The van der Waals surface area contributed by atoms with Crippen molar-refractivity contribution in [2.75, 3.05) is 13.2 Å². The molecule has 0 aliphatic carbocycles. The van der Waals surface area contributed by atoms with Gasteiger partial charge in [-0.2, -0.15) is 0 Å². The molecule has 0 unspecified atom stereocenters. The Morgan fingerprint density at radius 1 is 0.889 bits per heavy atom. The van der Waals surface area contributed by atoms with Crippen molar-refractivity contribution in [3.05, 3.63) is 0 Å². The van der Waals surface area contributed by atoms with Crippen LogP contribution in [0.3, 0.4) is 0 Å². The number of carbonyl (C=O) groups is 1. The van der Waals surface area contributed by atoms with Crippen LogP contribution >= 0.6 is 0 Å². The molecule has 0 aliphatic rings. The predicted octanol–water partition coefficient (Wildman–Crippen LogP) is 4.61. The van der Waals surface area contributed by atoms with E-state index in [4.69, 9.17) is 4.74 Å². The summed E-state index contributed by atoms with van der Waals surface area (Å²) in [7, 11) is 0. The number of ether oxygens (including phenoxy) is 1. The van der Waals surface area contributed by atoms with Gasteiger partial charge in [-0.25, -0.2) is 0 Å². The smallest absolute Gasteiger partial charge is 0.138 e. The Morgan fingerprint density at radius 3 is 1.94 bits per heavy atom. The van der Waals surface area contributed by atoms with Gasteiger partial charge < -0.3 is 4.74 Å². The Kier molecular flexibility index (Phi) is 7.77. The fourth-order valence-corrected chi connectivity index (χ4v) is 1.67. The van der Waals surface area contributed by atoms with Gasteiger partial charge in [-0.3, -0.25) is 4.79 Å². The number of hydrogen-bond acceptors (Lipinski definition) is 2. The van der Waals surface area contributed by atoms with E-state index in [-0.39, 0.29) is 5.41 Å². The van der Waals surface area contributed by atoms with E-state index in [9.17, 15) is 4.79 Å². The van der Waals surface area contributed by atoms with E-state index in [1.54, 1.807) is 0 Å². The van der Waals surface area contributed by atoms with E-state index >= 15 is 0 Å². The zero-order valence-corrected chi connectivity index (χ0v) is 13.3. The summed E-state index contributed by atoms with van der Waals surface area (Å²) in [5, 5.41) is 0. The first kappa shape index (κ1) is 17.6. The quantitative estimate of drug-likeness (QED) is 0.593. The molecule has 0 aromatic rings. The highest BCUT2D eigenvalue weighted by molar-refractivity contribution is 5.83. The maximum Gasteiger partial charge on any atom is 0.138 e. The first-order chi connectivity index (χ1) is 8.13. The number of rotatable bonds is 8. The van der Waals surface area contributed by atoms with Crippen LogP contribution in [0.15, 0.2) is 0 Å². The van der Waals surface area contributed by atoms with Gasteiger partial charge in [0.15, 0.2) is 0 Å². The number of unbranched alkanes of at least 4 members (excludes halogenated alkanes) is 1. The molecule has 0 atom stereocenters. The Bertz CT molecular complexity index is 230. The molecule has 108 valence electrons. The van der Waals surface area contributed by atoms with Crippen LogP contribution in [0, 0.1) is 10.8 Å². The van der Waals surface area contributed by atoms with Gasteiger partial charge in [0, 0.05) is 25.0 Å². The Morgan fingerprint density at radius 2 is 1.44 bits per heavy atom. The normalized spacial score (nSPS) is 12.8. The van der Waals surface area contributed by atoms with Crippen molar-refractivity contribution in [3.63, 3.8) is 0 Å². The van der Waals surface area contributed by atoms with Crippen molar-refractivity contribution in [3.8, 4) is 0 Å². The highest BCUT2D eigenvalue weighted by Gasteiger charge is 2.19. The lowest BCUT2D eigenvalue weighted by atomic mass is 9.88. The molecular weight excluding hydrogens is 224 g/mol. The average Bonchev–Trinajstić information content (AvgIpc) is 2.18. The van der Waals surface area contributed by atoms with Gasteiger partial charge in [0.1, 0.15) is 5.78 Å². The summed E-state index contributed by atoms with van der Waals surface area (Å²) in [4.78, 5) is 11.7. The average molecular weight is 256 g/mol. The largest absolute Gasteiger partial charge is 0.381 e. The zero-order chi connectivity index (χ0) is 14.2. The minimum Gasteiger partial charge on any atom is -0.381 e. The van der Waals surface area contributed by atoms with Crippen LogP contribution in [0.25, 0.3) is 0 Å². The molecule has 0 aromatic carbocycles. The maximum atomic E-state index is 11.7. The van der Waals surface area contributed by atoms with Crippen LogP contribution in [-0.2, 0) is 9.53 Å². The highest BCUT2D eigenvalue weighted by atomic mass is 16.5. The molecular formula is C16H32O2.